The standard InChI is InChI=1S/C4H6N4O2/c1-6-4(10)3(9)2-7-8-5/h5H,2H2,1H3/p+1. The second-order valence-electron chi connectivity index (χ2n) is 1.40. The quantitative estimate of drug-likeness (QED) is 0.296. The zero-order valence-electron chi connectivity index (χ0n) is 5.42. The Kier molecular flexibility index (Phi) is 3.67. The average molecular weight is 143 g/mol. The van der Waals surface area contributed by atoms with Gasteiger partial charge in [0.2, 0.25) is 10.7 Å². The maximum Gasteiger partial charge on any atom is 0.289 e. The molecule has 0 aliphatic rings. The number of ketones is 1. The Bertz CT molecular complexity index is 193. The van der Waals surface area contributed by atoms with Crippen molar-refractivity contribution < 1.29 is 9.59 Å². The highest BCUT2D eigenvalue weighted by molar-refractivity contribution is 6.36. The lowest BCUT2D eigenvalue weighted by Gasteiger charge is -1.88. The van der Waals surface area contributed by atoms with Crippen LogP contribution in [0.15, 0.2) is 5.11 Å². The number of Topliss-reactive ketones (excluding diaryl/α,β-unsaturated/α-hetero) is 1. The predicted octanol–water partition coefficient (Wildman–Crippen LogP) is -1.15. The lowest BCUT2D eigenvalue weighted by atomic mass is 10.4. The fourth-order valence-electron chi connectivity index (χ4n) is 0.311. The van der Waals surface area contributed by atoms with Crippen LogP contribution in [0, 0.1) is 5.53 Å². The highest BCUT2D eigenvalue weighted by atomic mass is 16.2. The molecular formula is C4H7N4O2+. The van der Waals surface area contributed by atoms with Crippen molar-refractivity contribution in [2.75, 3.05) is 13.6 Å². The van der Waals surface area contributed by atoms with Gasteiger partial charge >= 0.3 is 0 Å². The van der Waals surface area contributed by atoms with Crippen molar-refractivity contribution in [3.05, 3.63) is 0 Å². The molecule has 0 saturated carbocycles. The van der Waals surface area contributed by atoms with Gasteiger partial charge in [-0.3, -0.25) is 9.59 Å². The summed E-state index contributed by atoms with van der Waals surface area (Å²) in [4.78, 5) is 23.4. The molecule has 0 aromatic rings. The third-order valence-electron chi connectivity index (χ3n) is 0.765. The Labute approximate surface area is 56.8 Å². The monoisotopic (exact) mass is 143 g/mol. The summed E-state index contributed by atoms with van der Waals surface area (Å²) in [5.74, 6) is -1.41. The van der Waals surface area contributed by atoms with E-state index in [0.717, 1.165) is 0 Å². The van der Waals surface area contributed by atoms with E-state index in [-0.39, 0.29) is 6.54 Å². The largest absolute Gasteiger partial charge is 0.353 e. The van der Waals surface area contributed by atoms with Gasteiger partial charge in [0.15, 0.2) is 6.54 Å². The van der Waals surface area contributed by atoms with Gasteiger partial charge in [-0.15, -0.1) is 0 Å². The van der Waals surface area contributed by atoms with Gasteiger partial charge < -0.3 is 5.32 Å². The van der Waals surface area contributed by atoms with E-state index in [1.165, 1.54) is 7.05 Å². The Morgan fingerprint density at radius 2 is 2.30 bits per heavy atom. The van der Waals surface area contributed by atoms with Crippen LogP contribution in [-0.4, -0.2) is 25.3 Å². The van der Waals surface area contributed by atoms with E-state index in [1.807, 2.05) is 0 Å². The second-order valence-corrected chi connectivity index (χ2v) is 1.40. The minimum Gasteiger partial charge on any atom is -0.353 e. The molecule has 0 atom stereocenters. The average Bonchev–Trinajstić information content (AvgIpc) is 1.98. The second kappa shape index (κ2) is 4.34. The summed E-state index contributed by atoms with van der Waals surface area (Å²) in [5, 5.41) is 5.14. The topological polar surface area (TPSA) is 96.5 Å². The molecule has 0 radical (unpaired) electrons. The molecule has 6 nitrogen and oxygen atoms in total. The van der Waals surface area contributed by atoms with Crippen molar-refractivity contribution in [2.24, 2.45) is 5.11 Å². The van der Waals surface area contributed by atoms with Crippen LogP contribution in [0.1, 0.15) is 0 Å². The summed E-state index contributed by atoms with van der Waals surface area (Å²) in [6.07, 6.45) is 0. The van der Waals surface area contributed by atoms with Gasteiger partial charge in [-0.1, -0.05) is 0 Å². The van der Waals surface area contributed by atoms with Gasteiger partial charge in [-0.25, -0.2) is 0 Å². The molecule has 0 aromatic carbocycles. The molecule has 0 saturated heterocycles. The zero-order chi connectivity index (χ0) is 7.98. The van der Waals surface area contributed by atoms with E-state index < -0.39 is 11.7 Å². The van der Waals surface area contributed by atoms with Crippen molar-refractivity contribution in [1.29, 1.82) is 5.53 Å². The number of carbonyl (C=O) groups excluding carboxylic acids is 2. The smallest absolute Gasteiger partial charge is 0.289 e. The summed E-state index contributed by atoms with van der Waals surface area (Å²) < 4.78 is 0. The van der Waals surface area contributed by atoms with Gasteiger partial charge in [-0.2, -0.15) is 0 Å². The Hall–Kier alpha value is -1.55. The van der Waals surface area contributed by atoms with Crippen LogP contribution in [0.3, 0.4) is 0 Å². The summed E-state index contributed by atoms with van der Waals surface area (Å²) in [7, 11) is 1.35. The Morgan fingerprint density at radius 1 is 1.70 bits per heavy atom. The number of hydrogen-bond acceptors (Lipinski definition) is 4. The third-order valence-corrected chi connectivity index (χ3v) is 0.765. The minimum atomic E-state index is -0.715. The lowest BCUT2D eigenvalue weighted by molar-refractivity contribution is -0.136. The maximum atomic E-state index is 10.5. The number of carbonyl (C=O) groups is 2. The number of nitrogens with one attached hydrogen (secondary N) is 2. The normalized spacial score (nSPS) is 7.70. The van der Waals surface area contributed by atoms with E-state index in [0.29, 0.717) is 0 Å². The summed E-state index contributed by atoms with van der Waals surface area (Å²) in [6, 6.07) is 0. The molecule has 10 heavy (non-hydrogen) atoms. The third kappa shape index (κ3) is 2.68. The van der Waals surface area contributed by atoms with Gasteiger partial charge in [0.05, 0.1) is 0 Å². The number of amides is 1. The molecule has 6 heteroatoms. The van der Waals surface area contributed by atoms with Crippen molar-refractivity contribution in [3.63, 3.8) is 0 Å². The first-order chi connectivity index (χ1) is 4.72. The molecule has 0 aliphatic carbocycles. The van der Waals surface area contributed by atoms with Crippen molar-refractivity contribution in [3.8, 4) is 0 Å². The molecule has 2 N–H and O–H groups in total. The van der Waals surface area contributed by atoms with Crippen LogP contribution in [0.5, 0.6) is 0 Å². The molecule has 0 unspecified atom stereocenters. The highest BCUT2D eigenvalue weighted by Gasteiger charge is 2.12. The van der Waals surface area contributed by atoms with Crippen molar-refractivity contribution in [2.45, 2.75) is 0 Å². The van der Waals surface area contributed by atoms with Gasteiger partial charge in [-0.05, 0) is 0 Å². The number of likely N-dealkylation sites (N-methyl/N-ethyl adjacent to an activating group) is 1. The molecule has 0 spiro atoms. The molecule has 0 aliphatic heterocycles. The first-order valence-corrected chi connectivity index (χ1v) is 2.50. The van der Waals surface area contributed by atoms with Crippen LogP contribution in [-0.2, 0) is 9.59 Å². The zero-order valence-corrected chi connectivity index (χ0v) is 5.42. The predicted molar refractivity (Wildman–Crippen MR) is 31.2 cm³/mol. The fourth-order valence-corrected chi connectivity index (χ4v) is 0.311. The van der Waals surface area contributed by atoms with E-state index in [9.17, 15) is 9.59 Å². The lowest BCUT2D eigenvalue weighted by Crippen LogP contribution is -2.29. The van der Waals surface area contributed by atoms with E-state index in [1.54, 1.807) is 0 Å². The number of nitrogens with zero attached hydrogens (tertiary/aromatic N) is 2. The van der Waals surface area contributed by atoms with Gasteiger partial charge in [0.25, 0.3) is 5.91 Å². The molecule has 0 bridgehead atoms. The fraction of sp³-hybridized carbons (Fsp3) is 0.500. The number of hydrogen-bond donors (Lipinski definition) is 2. The maximum absolute atomic E-state index is 10.5. The van der Waals surface area contributed by atoms with Gasteiger partial charge in [0, 0.05) is 7.05 Å². The van der Waals surface area contributed by atoms with Crippen LogP contribution >= 0.6 is 0 Å². The van der Waals surface area contributed by atoms with E-state index in [2.05, 4.69) is 15.3 Å². The van der Waals surface area contributed by atoms with Crippen molar-refractivity contribution >= 4 is 11.7 Å². The molecule has 0 aromatic heterocycles. The van der Waals surface area contributed by atoms with Crippen LogP contribution in [0.25, 0.3) is 0 Å². The summed E-state index contributed by atoms with van der Waals surface area (Å²) in [6.45, 7) is -0.358. The molecule has 54 valence electrons. The minimum absolute atomic E-state index is 0.358. The number of rotatable bonds is 3. The molecule has 0 rings (SSSR count). The van der Waals surface area contributed by atoms with Crippen LogP contribution in [0.2, 0.25) is 0 Å². The van der Waals surface area contributed by atoms with Crippen LogP contribution in [0.4, 0.5) is 0 Å². The Morgan fingerprint density at radius 3 is 2.70 bits per heavy atom. The molecule has 0 heterocycles. The SMILES string of the molecule is CNC(=O)C(=O)CN=[N+]=N. The summed E-state index contributed by atoms with van der Waals surface area (Å²) >= 11 is 0. The first-order valence-electron chi connectivity index (χ1n) is 2.50. The van der Waals surface area contributed by atoms with Crippen molar-refractivity contribution in [1.82, 2.24) is 10.2 Å². The molecule has 1 amide bonds. The molecular weight excluding hydrogens is 136 g/mol. The first kappa shape index (κ1) is 8.45. The van der Waals surface area contributed by atoms with Crippen LogP contribution < -0.4 is 10.2 Å². The van der Waals surface area contributed by atoms with E-state index in [4.69, 9.17) is 5.53 Å². The Balaban J connectivity index is 3.85. The van der Waals surface area contributed by atoms with Gasteiger partial charge in [0.1, 0.15) is 10.6 Å². The summed E-state index contributed by atoms with van der Waals surface area (Å²) in [5.41, 5.74) is 6.17. The van der Waals surface area contributed by atoms with E-state index >= 15 is 0 Å². The molecule has 0 fully saturated rings. The highest BCUT2D eigenvalue weighted by Crippen LogP contribution is 1.72.